The Morgan fingerprint density at radius 3 is 2.62 bits per heavy atom. The monoisotopic (exact) mass is 642 g/mol. The summed E-state index contributed by atoms with van der Waals surface area (Å²) >= 11 is 3.72. The van der Waals surface area contributed by atoms with E-state index in [1.165, 1.54) is 4.90 Å². The lowest BCUT2D eigenvalue weighted by Gasteiger charge is -2.39. The predicted octanol–water partition coefficient (Wildman–Crippen LogP) is 2.20. The number of aromatic nitrogens is 3. The molecule has 2 aromatic rings. The molecular formula is C30H39BrN6O5. The molecule has 1 aromatic heterocycles. The number of ether oxygens (including phenoxy) is 1. The van der Waals surface area contributed by atoms with E-state index in [2.05, 4.69) is 39.4 Å². The number of carbonyl (C=O) groups is 3. The summed E-state index contributed by atoms with van der Waals surface area (Å²) in [5.74, 6) is -2.38. The molecule has 226 valence electrons. The quantitative estimate of drug-likeness (QED) is 0.278. The number of nitrogens with zero attached hydrogens (tertiary/aromatic N) is 6. The van der Waals surface area contributed by atoms with Gasteiger partial charge in [-0.3, -0.25) is 14.4 Å². The molecule has 3 saturated heterocycles. The standard InChI is InChI=1S/C30H39BrN6O5/c1-6-12-34(5)27(39)23-24-28(40)37(19(16-38)14-18(3)4)26(30(24)15-20(31)25(23)42-30)29(41)35(13-7-2)17-36-22-11-9-8-10-21(22)32-33-36/h6-11,18-20,23-26,38H,1-2,12-17H2,3-5H3/t19-,20?,23-,24+,25-,26?,30?/m1/s1. The van der Waals surface area contributed by atoms with Gasteiger partial charge in [0.15, 0.2) is 0 Å². The molecule has 42 heavy (non-hydrogen) atoms. The summed E-state index contributed by atoms with van der Waals surface area (Å²) in [5.41, 5.74) is 0.218. The lowest BCUT2D eigenvalue weighted by atomic mass is 9.70. The first kappa shape index (κ1) is 30.4. The Balaban J connectivity index is 1.59. The summed E-state index contributed by atoms with van der Waals surface area (Å²) in [6.45, 7) is 11.9. The molecule has 0 radical (unpaired) electrons. The van der Waals surface area contributed by atoms with E-state index in [1.54, 1.807) is 33.7 Å². The normalized spacial score (nSPS) is 28.8. The van der Waals surface area contributed by atoms with Crippen molar-refractivity contribution in [2.75, 3.05) is 26.7 Å². The third-order valence-electron chi connectivity index (χ3n) is 8.76. The maximum atomic E-state index is 14.7. The van der Waals surface area contributed by atoms with E-state index in [0.717, 1.165) is 5.52 Å². The summed E-state index contributed by atoms with van der Waals surface area (Å²) in [7, 11) is 1.68. The van der Waals surface area contributed by atoms with Gasteiger partial charge in [-0.1, -0.05) is 59.3 Å². The van der Waals surface area contributed by atoms with Gasteiger partial charge in [0.05, 0.1) is 36.1 Å². The molecule has 0 saturated carbocycles. The Bertz CT molecular complexity index is 1380. The Morgan fingerprint density at radius 1 is 1.24 bits per heavy atom. The summed E-state index contributed by atoms with van der Waals surface area (Å²) in [6, 6.07) is 5.80. The maximum absolute atomic E-state index is 14.7. The van der Waals surface area contributed by atoms with Gasteiger partial charge in [0, 0.05) is 25.0 Å². The summed E-state index contributed by atoms with van der Waals surface area (Å²) in [5, 5.41) is 19.0. The van der Waals surface area contributed by atoms with Crippen LogP contribution in [0.4, 0.5) is 0 Å². The van der Waals surface area contributed by atoms with Crippen molar-refractivity contribution in [1.29, 1.82) is 0 Å². The van der Waals surface area contributed by atoms with Crippen LogP contribution in [0.2, 0.25) is 0 Å². The van der Waals surface area contributed by atoms with Crippen LogP contribution in [0, 0.1) is 17.8 Å². The molecule has 2 bridgehead atoms. The van der Waals surface area contributed by atoms with Gasteiger partial charge in [-0.25, -0.2) is 4.68 Å². The van der Waals surface area contributed by atoms with Gasteiger partial charge in [0.2, 0.25) is 17.7 Å². The van der Waals surface area contributed by atoms with E-state index >= 15 is 0 Å². The lowest BCUT2D eigenvalue weighted by Crippen LogP contribution is -2.59. The number of carbonyl (C=O) groups excluding carboxylic acids is 3. The number of likely N-dealkylation sites (N-methyl/N-ethyl adjacent to an activating group) is 1. The van der Waals surface area contributed by atoms with E-state index in [-0.39, 0.29) is 48.3 Å². The zero-order valence-corrected chi connectivity index (χ0v) is 25.9. The zero-order valence-electron chi connectivity index (χ0n) is 24.3. The third-order valence-corrected chi connectivity index (χ3v) is 9.60. The number of aliphatic hydroxyl groups is 1. The topological polar surface area (TPSA) is 121 Å². The van der Waals surface area contributed by atoms with Crippen molar-refractivity contribution in [1.82, 2.24) is 29.7 Å². The Hall–Kier alpha value is -3.09. The van der Waals surface area contributed by atoms with Gasteiger partial charge in [-0.15, -0.1) is 18.3 Å². The second-order valence-corrected chi connectivity index (χ2v) is 13.1. The Morgan fingerprint density at radius 2 is 1.95 bits per heavy atom. The number of amides is 3. The largest absolute Gasteiger partial charge is 0.394 e. The van der Waals surface area contributed by atoms with Gasteiger partial charge in [0.1, 0.15) is 23.8 Å². The van der Waals surface area contributed by atoms with E-state index in [1.807, 2.05) is 38.1 Å². The summed E-state index contributed by atoms with van der Waals surface area (Å²) in [4.78, 5) is 47.4. The second kappa shape index (κ2) is 11.9. The van der Waals surface area contributed by atoms with Crippen molar-refractivity contribution in [2.24, 2.45) is 17.8 Å². The first-order valence-corrected chi connectivity index (χ1v) is 15.3. The van der Waals surface area contributed by atoms with E-state index < -0.39 is 35.6 Å². The maximum Gasteiger partial charge on any atom is 0.250 e. The Kier molecular flexibility index (Phi) is 8.60. The minimum atomic E-state index is -1.24. The SMILES string of the molecule is C=CCN(C)C(=O)[C@H]1[C@@H]2OC3(CC2Br)C(C(=O)N(CC=C)Cn2nnc4ccccc42)N([C@@H](CO)CC(C)C)C(=O)[C@H]13. The van der Waals surface area contributed by atoms with Crippen molar-refractivity contribution < 1.29 is 24.2 Å². The van der Waals surface area contributed by atoms with Crippen LogP contribution in [0.3, 0.4) is 0 Å². The van der Waals surface area contributed by atoms with Crippen molar-refractivity contribution in [2.45, 2.75) is 62.0 Å². The molecule has 0 aliphatic carbocycles. The molecule has 12 heteroatoms. The minimum absolute atomic E-state index is 0.0736. The van der Waals surface area contributed by atoms with Crippen molar-refractivity contribution in [3.8, 4) is 0 Å². The van der Waals surface area contributed by atoms with Crippen LogP contribution in [0.15, 0.2) is 49.6 Å². The van der Waals surface area contributed by atoms with Crippen molar-refractivity contribution in [3.63, 3.8) is 0 Å². The van der Waals surface area contributed by atoms with E-state index in [0.29, 0.717) is 24.9 Å². The first-order chi connectivity index (χ1) is 20.1. The zero-order chi connectivity index (χ0) is 30.3. The lowest BCUT2D eigenvalue weighted by molar-refractivity contribution is -0.153. The number of rotatable bonds is 12. The van der Waals surface area contributed by atoms with Crippen LogP contribution in [0.5, 0.6) is 0 Å². The third kappa shape index (κ3) is 4.87. The van der Waals surface area contributed by atoms with Gasteiger partial charge < -0.3 is 24.5 Å². The van der Waals surface area contributed by atoms with Crippen LogP contribution in [0.25, 0.3) is 11.0 Å². The van der Waals surface area contributed by atoms with E-state index in [4.69, 9.17) is 4.74 Å². The fourth-order valence-corrected chi connectivity index (χ4v) is 8.05. The van der Waals surface area contributed by atoms with Gasteiger partial charge in [0.25, 0.3) is 0 Å². The minimum Gasteiger partial charge on any atom is -0.394 e. The second-order valence-electron chi connectivity index (χ2n) is 12.0. The number of alkyl halides is 1. The Labute approximate surface area is 254 Å². The highest BCUT2D eigenvalue weighted by molar-refractivity contribution is 9.09. The molecule has 3 fully saturated rings. The summed E-state index contributed by atoms with van der Waals surface area (Å²) in [6.07, 6.45) is 3.56. The van der Waals surface area contributed by atoms with Crippen LogP contribution in [-0.2, 0) is 25.8 Å². The van der Waals surface area contributed by atoms with Gasteiger partial charge in [-0.2, -0.15) is 0 Å². The van der Waals surface area contributed by atoms with Crippen molar-refractivity contribution >= 4 is 44.7 Å². The number of fused-ring (bicyclic) bond motifs is 2. The molecule has 5 rings (SSSR count). The fraction of sp³-hybridized carbons (Fsp3) is 0.567. The number of hydrogen-bond donors (Lipinski definition) is 1. The van der Waals surface area contributed by atoms with Crippen molar-refractivity contribution in [3.05, 3.63) is 49.6 Å². The molecule has 1 N–H and O–H groups in total. The van der Waals surface area contributed by atoms with Crippen LogP contribution in [0.1, 0.15) is 26.7 Å². The van der Waals surface area contributed by atoms with Gasteiger partial charge in [-0.05, 0) is 30.9 Å². The molecule has 3 aliphatic rings. The molecule has 3 amide bonds. The number of halogens is 1. The molecule has 3 aliphatic heterocycles. The predicted molar refractivity (Wildman–Crippen MR) is 160 cm³/mol. The van der Waals surface area contributed by atoms with Gasteiger partial charge >= 0.3 is 0 Å². The highest BCUT2D eigenvalue weighted by Gasteiger charge is 2.77. The summed E-state index contributed by atoms with van der Waals surface area (Å²) < 4.78 is 8.29. The number of aliphatic hydroxyl groups excluding tert-OH is 1. The highest BCUT2D eigenvalue weighted by atomic mass is 79.9. The molecular weight excluding hydrogens is 604 g/mol. The molecule has 11 nitrogen and oxygen atoms in total. The van der Waals surface area contributed by atoms with Crippen LogP contribution in [-0.4, -0.2) is 108 Å². The fourth-order valence-electron chi connectivity index (χ4n) is 7.11. The first-order valence-electron chi connectivity index (χ1n) is 14.4. The molecule has 4 heterocycles. The van der Waals surface area contributed by atoms with Crippen LogP contribution < -0.4 is 0 Å². The number of hydrogen-bond acceptors (Lipinski definition) is 7. The molecule has 3 unspecified atom stereocenters. The highest BCUT2D eigenvalue weighted by Crippen LogP contribution is 2.61. The average molecular weight is 644 g/mol. The molecule has 1 aromatic carbocycles. The van der Waals surface area contributed by atoms with Crippen LogP contribution >= 0.6 is 15.9 Å². The smallest absolute Gasteiger partial charge is 0.250 e. The number of benzene rings is 1. The van der Waals surface area contributed by atoms with E-state index in [9.17, 15) is 19.5 Å². The average Bonchev–Trinajstić information content (AvgIpc) is 3.68. The number of likely N-dealkylation sites (tertiary alicyclic amines) is 1. The number of para-hydroxylation sites is 1. The molecule has 1 spiro atoms. The molecule has 7 atom stereocenters.